The lowest BCUT2D eigenvalue weighted by Gasteiger charge is -2.39. The maximum absolute atomic E-state index is 4.36. The second-order valence-corrected chi connectivity index (χ2v) is 5.21. The molecule has 2 unspecified atom stereocenters. The van der Waals surface area contributed by atoms with Gasteiger partial charge in [0.05, 0.1) is 6.20 Å². The number of nitrogens with zero attached hydrogens (tertiary/aromatic N) is 3. The molecule has 18 heavy (non-hydrogen) atoms. The van der Waals surface area contributed by atoms with Crippen molar-refractivity contribution in [2.24, 2.45) is 0 Å². The molecular formula is C14H26N4. The van der Waals surface area contributed by atoms with Crippen LogP contribution in [0.2, 0.25) is 0 Å². The molecule has 2 atom stereocenters. The second kappa shape index (κ2) is 6.34. The number of rotatable bonds is 5. The van der Waals surface area contributed by atoms with E-state index in [4.69, 9.17) is 0 Å². The molecule has 0 aromatic carbocycles. The molecule has 2 heterocycles. The SMILES string of the molecule is CCC1CN(Cc2cnn(CC)c2)C(CC)CN1. The molecule has 0 saturated carbocycles. The van der Waals surface area contributed by atoms with Crippen LogP contribution in [0.25, 0.3) is 0 Å². The van der Waals surface area contributed by atoms with E-state index < -0.39 is 0 Å². The Morgan fingerprint density at radius 3 is 2.78 bits per heavy atom. The zero-order valence-electron chi connectivity index (χ0n) is 11.9. The highest BCUT2D eigenvalue weighted by Crippen LogP contribution is 2.15. The zero-order chi connectivity index (χ0) is 13.0. The smallest absolute Gasteiger partial charge is 0.0534 e. The molecule has 0 bridgehead atoms. The fourth-order valence-corrected chi connectivity index (χ4v) is 2.69. The van der Waals surface area contributed by atoms with Crippen molar-refractivity contribution in [1.82, 2.24) is 20.0 Å². The largest absolute Gasteiger partial charge is 0.311 e. The van der Waals surface area contributed by atoms with Crippen LogP contribution in [0.15, 0.2) is 12.4 Å². The Bertz CT molecular complexity index is 360. The maximum atomic E-state index is 4.36. The summed E-state index contributed by atoms with van der Waals surface area (Å²) in [4.78, 5) is 2.61. The van der Waals surface area contributed by atoms with E-state index in [1.165, 1.54) is 18.4 Å². The standard InChI is InChI=1S/C14H26N4/c1-4-13-11-17(14(5-2)8-15-13)9-12-7-16-18(6-3)10-12/h7,10,13-15H,4-6,8-9,11H2,1-3H3. The van der Waals surface area contributed by atoms with Gasteiger partial charge in [0.1, 0.15) is 0 Å². The van der Waals surface area contributed by atoms with Gasteiger partial charge in [-0.25, -0.2) is 0 Å². The highest BCUT2D eigenvalue weighted by Gasteiger charge is 2.25. The van der Waals surface area contributed by atoms with Crippen LogP contribution in [-0.4, -0.2) is 39.9 Å². The van der Waals surface area contributed by atoms with Gasteiger partial charge in [0, 0.05) is 50.0 Å². The van der Waals surface area contributed by atoms with Crippen molar-refractivity contribution in [3.63, 3.8) is 0 Å². The van der Waals surface area contributed by atoms with Crippen molar-refractivity contribution in [3.05, 3.63) is 18.0 Å². The summed E-state index contributed by atoms with van der Waals surface area (Å²) in [5.74, 6) is 0. The summed E-state index contributed by atoms with van der Waals surface area (Å²) in [6.45, 7) is 10.9. The third-order valence-electron chi connectivity index (χ3n) is 3.97. The maximum Gasteiger partial charge on any atom is 0.0534 e. The Kier molecular flexibility index (Phi) is 4.78. The molecule has 102 valence electrons. The molecule has 0 radical (unpaired) electrons. The molecule has 0 amide bonds. The first-order chi connectivity index (χ1) is 8.76. The van der Waals surface area contributed by atoms with Crippen molar-refractivity contribution >= 4 is 0 Å². The second-order valence-electron chi connectivity index (χ2n) is 5.21. The Hall–Kier alpha value is -0.870. The van der Waals surface area contributed by atoms with Crippen molar-refractivity contribution in [2.45, 2.75) is 58.8 Å². The van der Waals surface area contributed by atoms with Crippen molar-refractivity contribution in [1.29, 1.82) is 0 Å². The molecule has 1 aromatic heterocycles. The number of aromatic nitrogens is 2. The highest BCUT2D eigenvalue weighted by atomic mass is 15.3. The van der Waals surface area contributed by atoms with Crippen LogP contribution in [0.3, 0.4) is 0 Å². The third-order valence-corrected chi connectivity index (χ3v) is 3.97. The first kappa shape index (κ1) is 13.6. The van der Waals surface area contributed by atoms with Crippen molar-refractivity contribution in [2.75, 3.05) is 13.1 Å². The van der Waals surface area contributed by atoms with E-state index in [2.05, 4.69) is 42.3 Å². The summed E-state index contributed by atoms with van der Waals surface area (Å²) in [5.41, 5.74) is 1.34. The normalized spacial score (nSPS) is 25.5. The van der Waals surface area contributed by atoms with E-state index in [0.717, 1.165) is 26.2 Å². The first-order valence-corrected chi connectivity index (χ1v) is 7.25. The lowest BCUT2D eigenvalue weighted by atomic mass is 10.0. The summed E-state index contributed by atoms with van der Waals surface area (Å²) in [5, 5.41) is 8.00. The monoisotopic (exact) mass is 250 g/mol. The molecule has 1 saturated heterocycles. The van der Waals surface area contributed by atoms with Crippen molar-refractivity contribution in [3.8, 4) is 0 Å². The molecule has 0 spiro atoms. The summed E-state index contributed by atoms with van der Waals surface area (Å²) in [7, 11) is 0. The lowest BCUT2D eigenvalue weighted by molar-refractivity contribution is 0.117. The zero-order valence-corrected chi connectivity index (χ0v) is 11.9. The van der Waals surface area contributed by atoms with E-state index in [0.29, 0.717) is 12.1 Å². The average molecular weight is 250 g/mol. The molecule has 1 aromatic rings. The van der Waals surface area contributed by atoms with E-state index in [1.54, 1.807) is 0 Å². The average Bonchev–Trinajstić information content (AvgIpc) is 2.86. The van der Waals surface area contributed by atoms with E-state index >= 15 is 0 Å². The molecule has 4 heteroatoms. The Morgan fingerprint density at radius 1 is 1.33 bits per heavy atom. The fraction of sp³-hybridized carbons (Fsp3) is 0.786. The van der Waals surface area contributed by atoms with Gasteiger partial charge in [0.25, 0.3) is 0 Å². The van der Waals surface area contributed by atoms with Gasteiger partial charge in [-0.15, -0.1) is 0 Å². The van der Waals surface area contributed by atoms with Gasteiger partial charge in [0.15, 0.2) is 0 Å². The fourth-order valence-electron chi connectivity index (χ4n) is 2.69. The van der Waals surface area contributed by atoms with Crippen LogP contribution in [0.1, 0.15) is 39.2 Å². The summed E-state index contributed by atoms with van der Waals surface area (Å²) >= 11 is 0. The molecule has 1 aliphatic rings. The van der Waals surface area contributed by atoms with E-state index in [-0.39, 0.29) is 0 Å². The van der Waals surface area contributed by atoms with Gasteiger partial charge in [0.2, 0.25) is 0 Å². The van der Waals surface area contributed by atoms with Gasteiger partial charge in [-0.1, -0.05) is 13.8 Å². The van der Waals surface area contributed by atoms with Crippen LogP contribution in [-0.2, 0) is 13.1 Å². The quantitative estimate of drug-likeness (QED) is 0.866. The van der Waals surface area contributed by atoms with Gasteiger partial charge >= 0.3 is 0 Å². The van der Waals surface area contributed by atoms with E-state index in [9.17, 15) is 0 Å². The summed E-state index contributed by atoms with van der Waals surface area (Å²) < 4.78 is 2.01. The minimum atomic E-state index is 0.647. The molecule has 1 fully saturated rings. The highest BCUT2D eigenvalue weighted by molar-refractivity contribution is 5.05. The molecule has 1 N–H and O–H groups in total. The number of hydrogen-bond donors (Lipinski definition) is 1. The molecule has 2 rings (SSSR count). The molecule has 4 nitrogen and oxygen atoms in total. The van der Waals surface area contributed by atoms with Crippen LogP contribution >= 0.6 is 0 Å². The van der Waals surface area contributed by atoms with Crippen LogP contribution in [0.5, 0.6) is 0 Å². The molecule has 1 aliphatic heterocycles. The van der Waals surface area contributed by atoms with Crippen LogP contribution < -0.4 is 5.32 Å². The topological polar surface area (TPSA) is 33.1 Å². The number of aryl methyl sites for hydroxylation is 1. The molecular weight excluding hydrogens is 224 g/mol. The van der Waals surface area contributed by atoms with Gasteiger partial charge in [-0.05, 0) is 19.8 Å². The van der Waals surface area contributed by atoms with Gasteiger partial charge < -0.3 is 5.32 Å². The van der Waals surface area contributed by atoms with E-state index in [1.807, 2.05) is 10.9 Å². The summed E-state index contributed by atoms with van der Waals surface area (Å²) in [6, 6.07) is 1.31. The number of nitrogens with one attached hydrogen (secondary N) is 1. The molecule has 0 aliphatic carbocycles. The number of hydrogen-bond acceptors (Lipinski definition) is 3. The summed E-state index contributed by atoms with van der Waals surface area (Å²) in [6.07, 6.45) is 6.61. The lowest BCUT2D eigenvalue weighted by Crippen LogP contribution is -2.55. The third kappa shape index (κ3) is 3.12. The predicted molar refractivity (Wildman–Crippen MR) is 74.5 cm³/mol. The predicted octanol–water partition coefficient (Wildman–Crippen LogP) is 1.87. The van der Waals surface area contributed by atoms with Gasteiger partial charge in [-0.3, -0.25) is 9.58 Å². The van der Waals surface area contributed by atoms with Crippen LogP contribution in [0.4, 0.5) is 0 Å². The Morgan fingerprint density at radius 2 is 2.17 bits per heavy atom. The van der Waals surface area contributed by atoms with Gasteiger partial charge in [-0.2, -0.15) is 5.10 Å². The minimum Gasteiger partial charge on any atom is -0.311 e. The Labute approximate surface area is 110 Å². The van der Waals surface area contributed by atoms with Crippen LogP contribution in [0, 0.1) is 0 Å². The number of piperazine rings is 1. The minimum absolute atomic E-state index is 0.647. The Balaban J connectivity index is 1.99. The van der Waals surface area contributed by atoms with Crippen molar-refractivity contribution < 1.29 is 0 Å². The first-order valence-electron chi connectivity index (χ1n) is 7.25.